The van der Waals surface area contributed by atoms with Gasteiger partial charge in [-0.25, -0.2) is 0 Å². The van der Waals surface area contributed by atoms with E-state index in [-0.39, 0.29) is 5.97 Å². The van der Waals surface area contributed by atoms with Crippen LogP contribution in [0.25, 0.3) is 16.7 Å². The molecular weight excluding hydrogens is 586 g/mol. The number of carbonyl (C=O) groups excluding carboxylic acids is 1. The summed E-state index contributed by atoms with van der Waals surface area (Å²) in [5, 5.41) is 4.42. The molecule has 6 rings (SSSR count). The standard InChI is InChI=1S/C37H32ClN3O2S/c1-40-33-20-12-19-31(38)34(33)41(36(40)44)30-23-21-26(22-24-30)25-32(35(42)43-2)39-37(27-13-6-3-7-14-27,28-15-8-4-9-16-28)29-17-10-5-11-18-29/h3-24,32,39H,25H2,1-2H3. The van der Waals surface area contributed by atoms with Crippen LogP contribution in [0.2, 0.25) is 5.02 Å². The molecule has 5 aromatic carbocycles. The van der Waals surface area contributed by atoms with E-state index in [0.29, 0.717) is 16.2 Å². The highest BCUT2D eigenvalue weighted by Crippen LogP contribution is 2.38. The van der Waals surface area contributed by atoms with Crippen LogP contribution in [0.4, 0.5) is 0 Å². The summed E-state index contributed by atoms with van der Waals surface area (Å²) in [7, 11) is 3.37. The van der Waals surface area contributed by atoms with Crippen molar-refractivity contribution in [2.24, 2.45) is 7.05 Å². The lowest BCUT2D eigenvalue weighted by Crippen LogP contribution is -2.53. The Kier molecular flexibility index (Phi) is 8.49. The Morgan fingerprint density at radius 3 is 1.82 bits per heavy atom. The van der Waals surface area contributed by atoms with Crippen LogP contribution in [-0.4, -0.2) is 28.3 Å². The van der Waals surface area contributed by atoms with Gasteiger partial charge in [0.1, 0.15) is 6.04 Å². The normalized spacial score (nSPS) is 12.2. The molecule has 7 heteroatoms. The summed E-state index contributed by atoms with van der Waals surface area (Å²) in [4.78, 5) is 13.5. The fourth-order valence-electron chi connectivity index (χ4n) is 6.01. The maximum atomic E-state index is 13.5. The number of halogens is 1. The van der Waals surface area contributed by atoms with E-state index in [9.17, 15) is 4.79 Å². The quantitative estimate of drug-likeness (QED) is 0.101. The zero-order chi connectivity index (χ0) is 30.7. The van der Waals surface area contributed by atoms with Crippen LogP contribution in [-0.2, 0) is 28.5 Å². The number of rotatable bonds is 9. The van der Waals surface area contributed by atoms with Crippen LogP contribution in [0.15, 0.2) is 133 Å². The summed E-state index contributed by atoms with van der Waals surface area (Å²) >= 11 is 12.4. The number of nitrogens with one attached hydrogen (secondary N) is 1. The summed E-state index contributed by atoms with van der Waals surface area (Å²) < 4.78 is 9.96. The summed E-state index contributed by atoms with van der Waals surface area (Å²) in [6, 6.07) is 43.9. The van der Waals surface area contributed by atoms with E-state index in [4.69, 9.17) is 28.6 Å². The van der Waals surface area contributed by atoms with Crippen molar-refractivity contribution in [3.63, 3.8) is 0 Å². The lowest BCUT2D eigenvalue weighted by Gasteiger charge is -2.39. The third-order valence-corrected chi connectivity index (χ3v) is 8.92. The Hall–Kier alpha value is -4.49. The molecule has 6 aromatic rings. The van der Waals surface area contributed by atoms with Crippen molar-refractivity contribution in [3.8, 4) is 5.69 Å². The zero-order valence-corrected chi connectivity index (χ0v) is 26.1. The van der Waals surface area contributed by atoms with Crippen molar-refractivity contribution in [2.75, 3.05) is 7.11 Å². The van der Waals surface area contributed by atoms with Crippen molar-refractivity contribution >= 4 is 40.8 Å². The molecule has 0 amide bonds. The number of methoxy groups -OCH3 is 1. The van der Waals surface area contributed by atoms with Gasteiger partial charge in [-0.15, -0.1) is 0 Å². The summed E-state index contributed by atoms with van der Waals surface area (Å²) in [6.07, 6.45) is 0.406. The minimum absolute atomic E-state index is 0.343. The summed E-state index contributed by atoms with van der Waals surface area (Å²) in [5.41, 5.74) is 5.92. The number of benzene rings is 5. The van der Waals surface area contributed by atoms with Crippen LogP contribution >= 0.6 is 23.8 Å². The zero-order valence-electron chi connectivity index (χ0n) is 24.5. The molecule has 0 spiro atoms. The minimum Gasteiger partial charge on any atom is -0.468 e. The average Bonchev–Trinajstić information content (AvgIpc) is 3.34. The molecule has 5 nitrogen and oxygen atoms in total. The number of esters is 1. The maximum Gasteiger partial charge on any atom is 0.323 e. The smallest absolute Gasteiger partial charge is 0.323 e. The number of nitrogens with zero attached hydrogens (tertiary/aromatic N) is 2. The van der Waals surface area contributed by atoms with Crippen molar-refractivity contribution in [2.45, 2.75) is 18.0 Å². The number of fused-ring (bicyclic) bond motifs is 1. The van der Waals surface area contributed by atoms with E-state index in [2.05, 4.69) is 41.7 Å². The van der Waals surface area contributed by atoms with E-state index >= 15 is 0 Å². The van der Waals surface area contributed by atoms with Crippen molar-refractivity contribution in [3.05, 3.63) is 166 Å². The van der Waals surface area contributed by atoms with Crippen LogP contribution in [0.1, 0.15) is 22.3 Å². The fraction of sp³-hybridized carbons (Fsp3) is 0.135. The van der Waals surface area contributed by atoms with Gasteiger partial charge >= 0.3 is 5.97 Å². The van der Waals surface area contributed by atoms with Gasteiger partial charge in [0.25, 0.3) is 0 Å². The van der Waals surface area contributed by atoms with Gasteiger partial charge in [-0.2, -0.15) is 0 Å². The number of aromatic nitrogens is 2. The molecule has 1 N–H and O–H groups in total. The van der Waals surface area contributed by atoms with Gasteiger partial charge in [-0.1, -0.05) is 121 Å². The van der Waals surface area contributed by atoms with Gasteiger partial charge in [0.05, 0.1) is 28.7 Å². The Balaban J connectivity index is 1.42. The Morgan fingerprint density at radius 1 is 0.795 bits per heavy atom. The van der Waals surface area contributed by atoms with Crippen LogP contribution in [0, 0.1) is 4.77 Å². The molecule has 1 atom stereocenters. The molecule has 0 aliphatic heterocycles. The predicted molar refractivity (Wildman–Crippen MR) is 180 cm³/mol. The second kappa shape index (κ2) is 12.6. The molecule has 1 aromatic heterocycles. The number of hydrogen-bond donors (Lipinski definition) is 1. The monoisotopic (exact) mass is 617 g/mol. The van der Waals surface area contributed by atoms with Crippen molar-refractivity contribution in [1.82, 2.24) is 14.5 Å². The molecule has 220 valence electrons. The molecule has 0 fully saturated rings. The lowest BCUT2D eigenvalue weighted by atomic mass is 9.76. The Morgan fingerprint density at radius 2 is 1.32 bits per heavy atom. The SMILES string of the molecule is COC(=O)C(Cc1ccc(-n2c(=S)n(C)c3cccc(Cl)c32)cc1)NC(c1ccccc1)(c1ccccc1)c1ccccc1. The highest BCUT2D eigenvalue weighted by atomic mass is 35.5. The number of aryl methyl sites for hydroxylation is 1. The number of para-hydroxylation sites is 1. The maximum absolute atomic E-state index is 13.5. The van der Waals surface area contributed by atoms with Gasteiger partial charge in [0.2, 0.25) is 0 Å². The first kappa shape index (κ1) is 29.6. The summed E-state index contributed by atoms with van der Waals surface area (Å²) in [6.45, 7) is 0. The van der Waals surface area contributed by atoms with Gasteiger partial charge in [-0.05, 0) is 65.2 Å². The largest absolute Gasteiger partial charge is 0.468 e. The second-order valence-electron chi connectivity index (χ2n) is 10.7. The van der Waals surface area contributed by atoms with Crippen molar-refractivity contribution < 1.29 is 9.53 Å². The third-order valence-electron chi connectivity index (χ3n) is 8.16. The van der Waals surface area contributed by atoms with Crippen LogP contribution < -0.4 is 5.32 Å². The highest BCUT2D eigenvalue weighted by molar-refractivity contribution is 7.71. The summed E-state index contributed by atoms with van der Waals surface area (Å²) in [5.74, 6) is -0.343. The number of carbonyl (C=O) groups is 1. The number of ether oxygens (including phenoxy) is 1. The van der Waals surface area contributed by atoms with E-state index in [1.807, 2.05) is 113 Å². The molecule has 0 radical (unpaired) electrons. The fourth-order valence-corrected chi connectivity index (χ4v) is 6.56. The first-order valence-corrected chi connectivity index (χ1v) is 15.2. The van der Waals surface area contributed by atoms with Crippen LogP contribution in [0.3, 0.4) is 0 Å². The molecule has 0 saturated heterocycles. The second-order valence-corrected chi connectivity index (χ2v) is 11.5. The first-order valence-electron chi connectivity index (χ1n) is 14.4. The van der Waals surface area contributed by atoms with Gasteiger partial charge in [-0.3, -0.25) is 14.7 Å². The van der Waals surface area contributed by atoms with Gasteiger partial charge < -0.3 is 9.30 Å². The molecule has 1 unspecified atom stereocenters. The molecule has 0 aliphatic carbocycles. The predicted octanol–water partition coefficient (Wildman–Crippen LogP) is 8.02. The Bertz CT molecular complexity index is 1860. The Labute approximate surface area is 267 Å². The minimum atomic E-state index is -0.824. The van der Waals surface area contributed by atoms with Crippen LogP contribution in [0.5, 0.6) is 0 Å². The third kappa shape index (κ3) is 5.37. The van der Waals surface area contributed by atoms with E-state index in [0.717, 1.165) is 39.0 Å². The molecule has 0 saturated carbocycles. The van der Waals surface area contributed by atoms with Gasteiger partial charge in [0, 0.05) is 12.7 Å². The highest BCUT2D eigenvalue weighted by Gasteiger charge is 2.40. The average molecular weight is 618 g/mol. The molecule has 44 heavy (non-hydrogen) atoms. The molecule has 0 aliphatic rings. The van der Waals surface area contributed by atoms with Crippen molar-refractivity contribution in [1.29, 1.82) is 0 Å². The lowest BCUT2D eigenvalue weighted by molar-refractivity contribution is -0.143. The number of hydrogen-bond acceptors (Lipinski definition) is 4. The van der Waals surface area contributed by atoms with E-state index < -0.39 is 11.6 Å². The van der Waals surface area contributed by atoms with Gasteiger partial charge in [0.15, 0.2) is 4.77 Å². The van der Waals surface area contributed by atoms with E-state index in [1.54, 1.807) is 0 Å². The first-order chi connectivity index (χ1) is 21.4. The topological polar surface area (TPSA) is 48.2 Å². The number of imidazole rings is 1. The molecule has 1 heterocycles. The molecular formula is C37H32ClN3O2S. The molecule has 0 bridgehead atoms. The van der Waals surface area contributed by atoms with E-state index in [1.165, 1.54) is 7.11 Å².